The van der Waals surface area contributed by atoms with Crippen molar-refractivity contribution in [2.45, 2.75) is 17.8 Å². The van der Waals surface area contributed by atoms with Gasteiger partial charge >= 0.3 is 0 Å². The average molecular weight is 371 g/mol. The van der Waals surface area contributed by atoms with Gasteiger partial charge in [0.15, 0.2) is 0 Å². The number of aryl methyl sites for hydroxylation is 1. The Morgan fingerprint density at radius 3 is 3.04 bits per heavy atom. The highest BCUT2D eigenvalue weighted by Gasteiger charge is 2.07. The van der Waals surface area contributed by atoms with Crippen molar-refractivity contribution < 1.29 is 4.42 Å². The molecule has 0 amide bonds. The number of furan rings is 1. The summed E-state index contributed by atoms with van der Waals surface area (Å²) in [5.74, 6) is 3.34. The normalized spacial score (nSPS) is 11.7. The molecule has 2 N–H and O–H groups in total. The molecule has 0 radical (unpaired) electrons. The second kappa shape index (κ2) is 6.69. The third-order valence-electron chi connectivity index (χ3n) is 3.35. The molecule has 0 bridgehead atoms. The van der Waals surface area contributed by atoms with Crippen molar-refractivity contribution in [2.75, 3.05) is 0 Å². The van der Waals surface area contributed by atoms with Gasteiger partial charge in [-0.25, -0.2) is 9.97 Å². The topological polar surface area (TPSA) is 100 Å². The summed E-state index contributed by atoms with van der Waals surface area (Å²) in [6.07, 6.45) is 3.62. The van der Waals surface area contributed by atoms with Crippen LogP contribution >= 0.6 is 23.1 Å². The fraction of sp³-hybridized carbons (Fsp3) is 0.125. The lowest BCUT2D eigenvalue weighted by molar-refractivity contribution is 0.525. The van der Waals surface area contributed by atoms with E-state index in [9.17, 15) is 4.79 Å². The number of nitrogens with one attached hydrogen (secondary N) is 2. The maximum absolute atomic E-state index is 11.9. The van der Waals surface area contributed by atoms with Crippen LogP contribution in [-0.4, -0.2) is 25.1 Å². The molecule has 0 spiro atoms. The Kier molecular flexibility index (Phi) is 4.24. The van der Waals surface area contributed by atoms with E-state index in [1.807, 2.05) is 36.6 Å². The van der Waals surface area contributed by atoms with Crippen molar-refractivity contribution in [3.8, 4) is 0 Å². The number of hydrogen-bond donors (Lipinski definition) is 2. The minimum absolute atomic E-state index is 0.108. The second-order valence-electron chi connectivity index (χ2n) is 5.22. The van der Waals surface area contributed by atoms with E-state index in [1.165, 1.54) is 23.1 Å². The quantitative estimate of drug-likeness (QED) is 0.521. The molecular formula is C16H13N5O2S2. The Bertz CT molecular complexity index is 1110. The molecule has 4 heterocycles. The second-order valence-corrected chi connectivity index (χ2v) is 7.08. The van der Waals surface area contributed by atoms with Gasteiger partial charge in [0.1, 0.15) is 27.9 Å². The molecule has 0 aliphatic heterocycles. The highest BCUT2D eigenvalue weighted by atomic mass is 32.2. The molecule has 0 aliphatic rings. The highest BCUT2D eigenvalue weighted by Crippen LogP contribution is 2.19. The third kappa shape index (κ3) is 3.57. The first-order valence-electron chi connectivity index (χ1n) is 7.43. The molecule has 126 valence electrons. The molecule has 4 aromatic rings. The Hall–Kier alpha value is -2.65. The van der Waals surface area contributed by atoms with Crippen LogP contribution in [0, 0.1) is 6.92 Å². The highest BCUT2D eigenvalue weighted by molar-refractivity contribution is 7.98. The van der Waals surface area contributed by atoms with Crippen LogP contribution in [0.2, 0.25) is 0 Å². The summed E-state index contributed by atoms with van der Waals surface area (Å²) in [6.45, 7) is 1.90. The number of hydrogen-bond acceptors (Lipinski definition) is 7. The van der Waals surface area contributed by atoms with Gasteiger partial charge in [0, 0.05) is 0 Å². The van der Waals surface area contributed by atoms with E-state index in [1.54, 1.807) is 6.08 Å². The summed E-state index contributed by atoms with van der Waals surface area (Å²) in [7, 11) is 0. The number of aromatic amines is 2. The van der Waals surface area contributed by atoms with Crippen LogP contribution in [0.5, 0.6) is 0 Å². The van der Waals surface area contributed by atoms with Gasteiger partial charge in [-0.05, 0) is 42.7 Å². The van der Waals surface area contributed by atoms with Gasteiger partial charge in [-0.15, -0.1) is 16.4 Å². The lowest BCUT2D eigenvalue weighted by Gasteiger charge is -1.98. The average Bonchev–Trinajstić information content (AvgIpc) is 3.31. The molecule has 9 heteroatoms. The van der Waals surface area contributed by atoms with Crippen molar-refractivity contribution in [1.29, 1.82) is 0 Å². The zero-order valence-electron chi connectivity index (χ0n) is 13.1. The van der Waals surface area contributed by atoms with E-state index in [-0.39, 0.29) is 5.56 Å². The summed E-state index contributed by atoms with van der Waals surface area (Å²) in [4.78, 5) is 23.6. The van der Waals surface area contributed by atoms with Gasteiger partial charge in [-0.3, -0.25) is 9.89 Å². The third-order valence-corrected chi connectivity index (χ3v) is 5.11. The smallest absolute Gasteiger partial charge is 0.268 e. The molecule has 0 aliphatic carbocycles. The first kappa shape index (κ1) is 15.9. The monoisotopic (exact) mass is 371 g/mol. The maximum atomic E-state index is 11.9. The van der Waals surface area contributed by atoms with Crippen molar-refractivity contribution >= 4 is 45.5 Å². The minimum atomic E-state index is -0.108. The Morgan fingerprint density at radius 1 is 1.28 bits per heavy atom. The summed E-state index contributed by atoms with van der Waals surface area (Å²) < 4.78 is 6.11. The molecule has 0 fully saturated rings. The fourth-order valence-electron chi connectivity index (χ4n) is 2.22. The van der Waals surface area contributed by atoms with Crippen LogP contribution in [0.15, 0.2) is 37.9 Å². The van der Waals surface area contributed by atoms with Crippen molar-refractivity contribution in [3.63, 3.8) is 0 Å². The van der Waals surface area contributed by atoms with E-state index in [2.05, 4.69) is 25.1 Å². The molecule has 0 atom stereocenters. The minimum Gasteiger partial charge on any atom is -0.462 e. The molecule has 4 rings (SSSR count). The van der Waals surface area contributed by atoms with E-state index in [0.29, 0.717) is 27.3 Å². The Balaban J connectivity index is 1.43. The molecular weight excluding hydrogens is 358 g/mol. The largest absolute Gasteiger partial charge is 0.462 e. The number of rotatable bonds is 5. The van der Waals surface area contributed by atoms with Crippen LogP contribution < -0.4 is 5.56 Å². The van der Waals surface area contributed by atoms with Gasteiger partial charge < -0.3 is 9.40 Å². The summed E-state index contributed by atoms with van der Waals surface area (Å²) in [6, 6.07) is 5.63. The summed E-state index contributed by atoms with van der Waals surface area (Å²) >= 11 is 2.79. The van der Waals surface area contributed by atoms with Crippen LogP contribution in [-0.2, 0) is 5.75 Å². The van der Waals surface area contributed by atoms with Gasteiger partial charge in [0.05, 0.1) is 11.3 Å². The van der Waals surface area contributed by atoms with Crippen molar-refractivity contribution in [1.82, 2.24) is 25.1 Å². The van der Waals surface area contributed by atoms with Crippen LogP contribution in [0.4, 0.5) is 0 Å². The Morgan fingerprint density at radius 2 is 2.20 bits per heavy atom. The predicted molar refractivity (Wildman–Crippen MR) is 98.6 cm³/mol. The van der Waals surface area contributed by atoms with Crippen molar-refractivity contribution in [3.05, 3.63) is 57.1 Å². The van der Waals surface area contributed by atoms with Gasteiger partial charge in [0.25, 0.3) is 5.56 Å². The number of aromatic nitrogens is 5. The number of thiophene rings is 1. The van der Waals surface area contributed by atoms with Gasteiger partial charge in [-0.1, -0.05) is 11.8 Å². The standard InChI is InChI=1S/C16H13N5O2S2/c1-9-2-3-10(23-9)4-5-12-19-16(21-20-12)25-8-13-17-11-6-7-24-14(11)15(22)18-13/h2-7H,8H2,1H3,(H,17,18,22)(H,19,20,21)/b5-4+. The van der Waals surface area contributed by atoms with Crippen molar-refractivity contribution in [2.24, 2.45) is 0 Å². The molecule has 0 saturated heterocycles. The maximum Gasteiger partial charge on any atom is 0.268 e. The molecule has 0 saturated carbocycles. The molecule has 4 aromatic heterocycles. The number of H-pyrrole nitrogens is 2. The molecule has 25 heavy (non-hydrogen) atoms. The van der Waals surface area contributed by atoms with Gasteiger partial charge in [0.2, 0.25) is 5.16 Å². The van der Waals surface area contributed by atoms with Crippen LogP contribution in [0.3, 0.4) is 0 Å². The van der Waals surface area contributed by atoms with Gasteiger partial charge in [-0.2, -0.15) is 0 Å². The Labute approximate surface area is 150 Å². The van der Waals surface area contributed by atoms with E-state index < -0.39 is 0 Å². The zero-order valence-corrected chi connectivity index (χ0v) is 14.8. The SMILES string of the molecule is Cc1ccc(/C=C/c2nc(SCc3nc4ccsc4c(=O)[nH]3)n[nH]2)o1. The summed E-state index contributed by atoms with van der Waals surface area (Å²) in [5.41, 5.74) is 0.611. The number of nitrogens with zero attached hydrogens (tertiary/aromatic N) is 3. The molecule has 0 unspecified atom stereocenters. The fourth-order valence-corrected chi connectivity index (χ4v) is 3.63. The first-order chi connectivity index (χ1) is 12.2. The first-order valence-corrected chi connectivity index (χ1v) is 9.30. The van der Waals surface area contributed by atoms with Crippen LogP contribution in [0.1, 0.15) is 23.2 Å². The zero-order chi connectivity index (χ0) is 17.2. The number of fused-ring (bicyclic) bond motifs is 1. The van der Waals surface area contributed by atoms with Crippen LogP contribution in [0.25, 0.3) is 22.4 Å². The number of thioether (sulfide) groups is 1. The lowest BCUT2D eigenvalue weighted by atomic mass is 10.4. The van der Waals surface area contributed by atoms with E-state index >= 15 is 0 Å². The lowest BCUT2D eigenvalue weighted by Crippen LogP contribution is -2.09. The van der Waals surface area contributed by atoms with E-state index in [0.717, 1.165) is 17.0 Å². The summed E-state index contributed by atoms with van der Waals surface area (Å²) in [5, 5.41) is 9.45. The van der Waals surface area contributed by atoms with E-state index in [4.69, 9.17) is 4.42 Å². The predicted octanol–water partition coefficient (Wildman–Crippen LogP) is 3.47. The molecule has 7 nitrogen and oxygen atoms in total. The molecule has 0 aromatic carbocycles.